The van der Waals surface area contributed by atoms with Crippen molar-refractivity contribution in [3.63, 3.8) is 0 Å². The van der Waals surface area contributed by atoms with Crippen molar-refractivity contribution < 1.29 is 13.6 Å². The van der Waals surface area contributed by atoms with Gasteiger partial charge in [0.2, 0.25) is 11.8 Å². The minimum atomic E-state index is -0.260. The quantitative estimate of drug-likeness (QED) is 0.714. The van der Waals surface area contributed by atoms with Crippen molar-refractivity contribution >= 4 is 17.2 Å². The van der Waals surface area contributed by atoms with Crippen LogP contribution in [0.4, 0.5) is 4.39 Å². The second kappa shape index (κ2) is 7.83. The Morgan fingerprint density at radius 2 is 2.00 bits per heavy atom. The molecule has 124 valence electrons. The standard InChI is InChI=1S/C17H16FN3O2S/c18-13-5-3-12(4-6-13)9-10-19-15(22)7-8-16-20-21-17(23-16)14-2-1-11-24-14/h1-6,11H,7-10H2,(H,19,22). The molecular weight excluding hydrogens is 329 g/mol. The van der Waals surface area contributed by atoms with Gasteiger partial charge in [0.15, 0.2) is 0 Å². The number of rotatable bonds is 7. The highest BCUT2D eigenvalue weighted by atomic mass is 32.1. The first-order valence-corrected chi connectivity index (χ1v) is 8.46. The molecule has 0 aliphatic carbocycles. The molecule has 0 radical (unpaired) electrons. The third-order valence-corrected chi connectivity index (χ3v) is 4.27. The summed E-state index contributed by atoms with van der Waals surface area (Å²) in [5.74, 6) is 0.598. The predicted molar refractivity (Wildman–Crippen MR) is 89.0 cm³/mol. The number of carbonyl (C=O) groups excluding carboxylic acids is 1. The number of hydrogen-bond acceptors (Lipinski definition) is 5. The maximum Gasteiger partial charge on any atom is 0.257 e. The molecule has 1 aromatic carbocycles. The average molecular weight is 345 g/mol. The van der Waals surface area contributed by atoms with Gasteiger partial charge in [0, 0.05) is 19.4 Å². The summed E-state index contributed by atoms with van der Waals surface area (Å²) >= 11 is 1.52. The van der Waals surface area contributed by atoms with Gasteiger partial charge in [-0.25, -0.2) is 4.39 Å². The van der Waals surface area contributed by atoms with Crippen LogP contribution in [0.1, 0.15) is 17.9 Å². The zero-order valence-corrected chi connectivity index (χ0v) is 13.7. The maximum atomic E-state index is 12.8. The lowest BCUT2D eigenvalue weighted by atomic mass is 10.1. The number of nitrogens with one attached hydrogen (secondary N) is 1. The molecule has 0 saturated carbocycles. The molecule has 0 saturated heterocycles. The lowest BCUT2D eigenvalue weighted by Gasteiger charge is -2.04. The summed E-state index contributed by atoms with van der Waals surface area (Å²) in [6, 6.07) is 10.1. The van der Waals surface area contributed by atoms with Gasteiger partial charge in [0.05, 0.1) is 4.88 Å². The van der Waals surface area contributed by atoms with Crippen molar-refractivity contribution in [2.24, 2.45) is 0 Å². The van der Waals surface area contributed by atoms with Gasteiger partial charge in [-0.05, 0) is 35.6 Å². The molecule has 1 N–H and O–H groups in total. The molecule has 24 heavy (non-hydrogen) atoms. The number of hydrogen-bond donors (Lipinski definition) is 1. The smallest absolute Gasteiger partial charge is 0.257 e. The van der Waals surface area contributed by atoms with Crippen LogP contribution in [-0.2, 0) is 17.6 Å². The van der Waals surface area contributed by atoms with E-state index in [0.29, 0.717) is 31.2 Å². The van der Waals surface area contributed by atoms with Crippen LogP contribution in [0.3, 0.4) is 0 Å². The topological polar surface area (TPSA) is 68.0 Å². The lowest BCUT2D eigenvalue weighted by molar-refractivity contribution is -0.121. The number of aromatic nitrogens is 2. The zero-order chi connectivity index (χ0) is 16.8. The Morgan fingerprint density at radius 3 is 2.75 bits per heavy atom. The van der Waals surface area contributed by atoms with Gasteiger partial charge in [0.25, 0.3) is 5.89 Å². The van der Waals surface area contributed by atoms with Crippen molar-refractivity contribution in [2.75, 3.05) is 6.54 Å². The second-order valence-electron chi connectivity index (χ2n) is 5.20. The lowest BCUT2D eigenvalue weighted by Crippen LogP contribution is -2.25. The molecule has 0 unspecified atom stereocenters. The van der Waals surface area contributed by atoms with Crippen molar-refractivity contribution in [3.05, 3.63) is 59.0 Å². The minimum Gasteiger partial charge on any atom is -0.420 e. The fraction of sp³-hybridized carbons (Fsp3) is 0.235. The van der Waals surface area contributed by atoms with E-state index in [0.717, 1.165) is 10.4 Å². The van der Waals surface area contributed by atoms with Crippen molar-refractivity contribution in [3.8, 4) is 10.8 Å². The molecule has 3 aromatic rings. The van der Waals surface area contributed by atoms with E-state index in [-0.39, 0.29) is 18.1 Å². The van der Waals surface area contributed by atoms with Gasteiger partial charge in [-0.1, -0.05) is 18.2 Å². The van der Waals surface area contributed by atoms with Gasteiger partial charge >= 0.3 is 0 Å². The molecular formula is C17H16FN3O2S. The van der Waals surface area contributed by atoms with Gasteiger partial charge in [-0.2, -0.15) is 0 Å². The van der Waals surface area contributed by atoms with Gasteiger partial charge in [-0.15, -0.1) is 21.5 Å². The van der Waals surface area contributed by atoms with Gasteiger partial charge in [0.1, 0.15) is 5.82 Å². The van der Waals surface area contributed by atoms with Crippen LogP contribution < -0.4 is 5.32 Å². The van der Waals surface area contributed by atoms with Crippen LogP contribution in [0.25, 0.3) is 10.8 Å². The normalized spacial score (nSPS) is 10.7. The Labute approximate surface area is 142 Å². The van der Waals surface area contributed by atoms with E-state index in [4.69, 9.17) is 4.42 Å². The molecule has 1 amide bonds. The number of carbonyl (C=O) groups is 1. The molecule has 0 aliphatic rings. The van der Waals surface area contributed by atoms with Crippen LogP contribution in [0, 0.1) is 5.82 Å². The molecule has 2 aromatic heterocycles. The van der Waals surface area contributed by atoms with Crippen LogP contribution in [0.15, 0.2) is 46.2 Å². The third kappa shape index (κ3) is 4.48. The van der Waals surface area contributed by atoms with Crippen LogP contribution in [-0.4, -0.2) is 22.6 Å². The van der Waals surface area contributed by atoms with Crippen molar-refractivity contribution in [2.45, 2.75) is 19.3 Å². The van der Waals surface area contributed by atoms with E-state index >= 15 is 0 Å². The van der Waals surface area contributed by atoms with E-state index in [9.17, 15) is 9.18 Å². The second-order valence-corrected chi connectivity index (χ2v) is 6.15. The van der Waals surface area contributed by atoms with Gasteiger partial charge in [-0.3, -0.25) is 4.79 Å². The summed E-state index contributed by atoms with van der Waals surface area (Å²) < 4.78 is 18.3. The van der Waals surface area contributed by atoms with Gasteiger partial charge < -0.3 is 9.73 Å². The number of benzene rings is 1. The minimum absolute atomic E-state index is 0.0759. The summed E-state index contributed by atoms with van der Waals surface area (Å²) in [7, 11) is 0. The summed E-state index contributed by atoms with van der Waals surface area (Å²) in [6.07, 6.45) is 1.35. The zero-order valence-electron chi connectivity index (χ0n) is 12.9. The fourth-order valence-electron chi connectivity index (χ4n) is 2.16. The number of nitrogens with zero attached hydrogens (tertiary/aromatic N) is 2. The fourth-order valence-corrected chi connectivity index (χ4v) is 2.80. The molecule has 3 rings (SSSR count). The molecule has 0 fully saturated rings. The highest BCUT2D eigenvalue weighted by molar-refractivity contribution is 7.13. The highest BCUT2D eigenvalue weighted by Gasteiger charge is 2.11. The molecule has 0 atom stereocenters. The molecule has 0 spiro atoms. The highest BCUT2D eigenvalue weighted by Crippen LogP contribution is 2.23. The number of aryl methyl sites for hydroxylation is 1. The first-order valence-electron chi connectivity index (χ1n) is 7.58. The summed E-state index contributed by atoms with van der Waals surface area (Å²) in [6.45, 7) is 0.509. The molecule has 7 heteroatoms. The monoisotopic (exact) mass is 345 g/mol. The first-order chi connectivity index (χ1) is 11.7. The third-order valence-electron chi connectivity index (χ3n) is 3.41. The van der Waals surface area contributed by atoms with Crippen molar-refractivity contribution in [1.82, 2.24) is 15.5 Å². The predicted octanol–water partition coefficient (Wildman–Crippen LogP) is 3.23. The summed E-state index contributed by atoms with van der Waals surface area (Å²) in [5.41, 5.74) is 0.981. The number of thiophene rings is 1. The number of amides is 1. The Kier molecular flexibility index (Phi) is 5.32. The molecule has 0 bridgehead atoms. The SMILES string of the molecule is O=C(CCc1nnc(-c2cccs2)o1)NCCc1ccc(F)cc1. The van der Waals surface area contributed by atoms with Crippen molar-refractivity contribution in [1.29, 1.82) is 0 Å². The molecule has 0 aliphatic heterocycles. The Hall–Kier alpha value is -2.54. The Balaban J connectivity index is 1.40. The molecule has 2 heterocycles. The first kappa shape index (κ1) is 16.3. The van der Waals surface area contributed by atoms with E-state index in [2.05, 4.69) is 15.5 Å². The summed E-state index contributed by atoms with van der Waals surface area (Å²) in [4.78, 5) is 12.8. The number of halogens is 1. The average Bonchev–Trinajstić information content (AvgIpc) is 3.26. The maximum absolute atomic E-state index is 12.8. The Bertz CT molecular complexity index is 785. The van der Waals surface area contributed by atoms with Crippen LogP contribution >= 0.6 is 11.3 Å². The Morgan fingerprint density at radius 1 is 1.17 bits per heavy atom. The largest absolute Gasteiger partial charge is 0.420 e. The molecule has 5 nitrogen and oxygen atoms in total. The van der Waals surface area contributed by atoms with Crippen LogP contribution in [0.5, 0.6) is 0 Å². The van der Waals surface area contributed by atoms with E-state index in [1.54, 1.807) is 12.1 Å². The summed E-state index contributed by atoms with van der Waals surface area (Å²) in [5, 5.41) is 12.7. The van der Waals surface area contributed by atoms with Crippen LogP contribution in [0.2, 0.25) is 0 Å². The van der Waals surface area contributed by atoms with E-state index in [1.165, 1.54) is 23.5 Å². The van der Waals surface area contributed by atoms with E-state index < -0.39 is 0 Å². The van der Waals surface area contributed by atoms with E-state index in [1.807, 2.05) is 17.5 Å².